The van der Waals surface area contributed by atoms with Crippen LogP contribution in [0.15, 0.2) is 24.4 Å². The molecule has 2 N–H and O–H groups in total. The number of rotatable bonds is 4. The number of piperidine rings is 1. The van der Waals surface area contributed by atoms with Crippen LogP contribution in [0.1, 0.15) is 32.6 Å². The summed E-state index contributed by atoms with van der Waals surface area (Å²) in [4.78, 5) is 6.77. The lowest BCUT2D eigenvalue weighted by Crippen LogP contribution is -2.41. The van der Waals surface area contributed by atoms with Gasteiger partial charge in [-0.2, -0.15) is 0 Å². The highest BCUT2D eigenvalue weighted by atomic mass is 35.5. The van der Waals surface area contributed by atoms with Crippen molar-refractivity contribution in [2.45, 2.75) is 38.6 Å². The lowest BCUT2D eigenvalue weighted by atomic mass is 9.87. The SMILES string of the molecule is CCCC(N)C1CCN(c2ccccn2)CC1.Cl. The zero-order chi connectivity index (χ0) is 12.1. The molecule has 4 heteroatoms. The van der Waals surface area contributed by atoms with Crippen LogP contribution >= 0.6 is 12.4 Å². The van der Waals surface area contributed by atoms with Gasteiger partial charge in [0.1, 0.15) is 5.82 Å². The van der Waals surface area contributed by atoms with Gasteiger partial charge in [-0.15, -0.1) is 12.4 Å². The van der Waals surface area contributed by atoms with Crippen LogP contribution in [0.25, 0.3) is 0 Å². The Balaban J connectivity index is 0.00000162. The number of hydrogen-bond donors (Lipinski definition) is 1. The van der Waals surface area contributed by atoms with Gasteiger partial charge < -0.3 is 10.6 Å². The predicted octanol–water partition coefficient (Wildman–Crippen LogP) is 2.85. The summed E-state index contributed by atoms with van der Waals surface area (Å²) in [5.74, 6) is 1.81. The van der Waals surface area contributed by atoms with Crippen LogP contribution in [0.3, 0.4) is 0 Å². The van der Waals surface area contributed by atoms with Crippen molar-refractivity contribution < 1.29 is 0 Å². The molecule has 102 valence electrons. The van der Waals surface area contributed by atoms with Crippen molar-refractivity contribution in [3.8, 4) is 0 Å². The van der Waals surface area contributed by atoms with Crippen molar-refractivity contribution >= 4 is 18.2 Å². The quantitative estimate of drug-likeness (QED) is 0.914. The predicted molar refractivity (Wildman–Crippen MR) is 79.3 cm³/mol. The molecule has 18 heavy (non-hydrogen) atoms. The molecule has 0 amide bonds. The van der Waals surface area contributed by atoms with Gasteiger partial charge >= 0.3 is 0 Å². The van der Waals surface area contributed by atoms with Crippen LogP contribution in [-0.4, -0.2) is 24.1 Å². The van der Waals surface area contributed by atoms with E-state index in [-0.39, 0.29) is 12.4 Å². The molecular weight excluding hydrogens is 246 g/mol. The fraction of sp³-hybridized carbons (Fsp3) is 0.643. The standard InChI is InChI=1S/C14H23N3.ClH/c1-2-5-13(15)12-7-10-17(11-8-12)14-6-3-4-9-16-14;/h3-4,6,9,12-13H,2,5,7-8,10-11,15H2,1H3;1H. The fourth-order valence-corrected chi connectivity index (χ4v) is 2.67. The van der Waals surface area contributed by atoms with Gasteiger partial charge in [0.25, 0.3) is 0 Å². The molecule has 1 aromatic rings. The Morgan fingerprint density at radius 3 is 2.67 bits per heavy atom. The maximum absolute atomic E-state index is 6.21. The Hall–Kier alpha value is -0.800. The van der Waals surface area contributed by atoms with Gasteiger partial charge in [-0.05, 0) is 37.3 Å². The van der Waals surface area contributed by atoms with Crippen molar-refractivity contribution in [2.24, 2.45) is 11.7 Å². The van der Waals surface area contributed by atoms with Crippen molar-refractivity contribution in [3.05, 3.63) is 24.4 Å². The molecule has 0 spiro atoms. The average Bonchev–Trinajstić information content (AvgIpc) is 2.40. The first-order valence-electron chi connectivity index (χ1n) is 6.73. The van der Waals surface area contributed by atoms with E-state index in [0.717, 1.165) is 25.3 Å². The second-order valence-electron chi connectivity index (χ2n) is 4.96. The number of halogens is 1. The van der Waals surface area contributed by atoms with Crippen molar-refractivity contribution in [1.29, 1.82) is 0 Å². The van der Waals surface area contributed by atoms with Gasteiger partial charge in [-0.25, -0.2) is 4.98 Å². The summed E-state index contributed by atoms with van der Waals surface area (Å²) in [7, 11) is 0. The van der Waals surface area contributed by atoms with E-state index in [1.54, 1.807) is 0 Å². The fourth-order valence-electron chi connectivity index (χ4n) is 2.67. The average molecular weight is 270 g/mol. The van der Waals surface area contributed by atoms with E-state index >= 15 is 0 Å². The Kier molecular flexibility index (Phi) is 6.44. The Morgan fingerprint density at radius 1 is 1.39 bits per heavy atom. The molecule has 0 radical (unpaired) electrons. The third-order valence-electron chi connectivity index (χ3n) is 3.74. The molecule has 0 aromatic carbocycles. The van der Waals surface area contributed by atoms with Crippen LogP contribution in [0.4, 0.5) is 5.82 Å². The highest BCUT2D eigenvalue weighted by Gasteiger charge is 2.24. The summed E-state index contributed by atoms with van der Waals surface area (Å²) in [5.41, 5.74) is 6.21. The summed E-state index contributed by atoms with van der Waals surface area (Å²) in [6.07, 6.45) is 6.63. The molecule has 1 aromatic heterocycles. The van der Waals surface area contributed by atoms with Crippen molar-refractivity contribution in [3.63, 3.8) is 0 Å². The van der Waals surface area contributed by atoms with Crippen LogP contribution in [-0.2, 0) is 0 Å². The van der Waals surface area contributed by atoms with E-state index in [2.05, 4.69) is 28.9 Å². The first-order valence-corrected chi connectivity index (χ1v) is 6.73. The molecule has 1 saturated heterocycles. The van der Waals surface area contributed by atoms with Crippen LogP contribution in [0.5, 0.6) is 0 Å². The Morgan fingerprint density at radius 2 is 2.11 bits per heavy atom. The number of nitrogens with zero attached hydrogens (tertiary/aromatic N) is 2. The minimum absolute atomic E-state index is 0. The van der Waals surface area contributed by atoms with Gasteiger partial charge in [-0.3, -0.25) is 0 Å². The summed E-state index contributed by atoms with van der Waals surface area (Å²) in [5, 5.41) is 0. The van der Waals surface area contributed by atoms with Gasteiger partial charge in [-0.1, -0.05) is 19.4 Å². The molecule has 1 aliphatic heterocycles. The van der Waals surface area contributed by atoms with E-state index in [1.165, 1.54) is 19.3 Å². The number of hydrogen-bond acceptors (Lipinski definition) is 3. The number of nitrogens with two attached hydrogens (primary N) is 1. The highest BCUT2D eigenvalue weighted by Crippen LogP contribution is 2.24. The van der Waals surface area contributed by atoms with E-state index in [1.807, 2.05) is 12.3 Å². The van der Waals surface area contributed by atoms with E-state index < -0.39 is 0 Å². The molecule has 1 fully saturated rings. The summed E-state index contributed by atoms with van der Waals surface area (Å²) < 4.78 is 0. The number of pyridine rings is 1. The van der Waals surface area contributed by atoms with E-state index in [4.69, 9.17) is 5.73 Å². The van der Waals surface area contributed by atoms with Crippen molar-refractivity contribution in [2.75, 3.05) is 18.0 Å². The van der Waals surface area contributed by atoms with Gasteiger partial charge in [0.2, 0.25) is 0 Å². The first-order chi connectivity index (χ1) is 8.31. The first kappa shape index (κ1) is 15.3. The number of anilines is 1. The zero-order valence-electron chi connectivity index (χ0n) is 11.1. The molecule has 1 unspecified atom stereocenters. The lowest BCUT2D eigenvalue weighted by molar-refractivity contribution is 0.325. The Bertz CT molecular complexity index is 323. The second kappa shape index (κ2) is 7.59. The molecule has 2 rings (SSSR count). The maximum Gasteiger partial charge on any atom is 0.128 e. The molecule has 0 saturated carbocycles. The molecule has 1 aliphatic rings. The van der Waals surface area contributed by atoms with Crippen LogP contribution < -0.4 is 10.6 Å². The Labute approximate surface area is 116 Å². The zero-order valence-corrected chi connectivity index (χ0v) is 11.9. The number of aromatic nitrogens is 1. The smallest absolute Gasteiger partial charge is 0.128 e. The molecule has 1 atom stereocenters. The normalized spacial score (nSPS) is 18.2. The monoisotopic (exact) mass is 269 g/mol. The molecule has 0 aliphatic carbocycles. The van der Waals surface area contributed by atoms with E-state index in [9.17, 15) is 0 Å². The minimum atomic E-state index is 0. The topological polar surface area (TPSA) is 42.1 Å². The molecule has 0 bridgehead atoms. The van der Waals surface area contributed by atoms with Gasteiger partial charge in [0, 0.05) is 25.3 Å². The summed E-state index contributed by atoms with van der Waals surface area (Å²) in [6.45, 7) is 4.40. The summed E-state index contributed by atoms with van der Waals surface area (Å²) in [6, 6.07) is 6.50. The maximum atomic E-state index is 6.21. The lowest BCUT2D eigenvalue weighted by Gasteiger charge is -2.35. The van der Waals surface area contributed by atoms with Crippen LogP contribution in [0.2, 0.25) is 0 Å². The van der Waals surface area contributed by atoms with Gasteiger partial charge in [0.05, 0.1) is 0 Å². The summed E-state index contributed by atoms with van der Waals surface area (Å²) >= 11 is 0. The minimum Gasteiger partial charge on any atom is -0.357 e. The van der Waals surface area contributed by atoms with Gasteiger partial charge in [0.15, 0.2) is 0 Å². The molecule has 3 nitrogen and oxygen atoms in total. The molecular formula is C14H24ClN3. The third-order valence-corrected chi connectivity index (χ3v) is 3.74. The molecule has 2 heterocycles. The highest BCUT2D eigenvalue weighted by molar-refractivity contribution is 5.85. The van der Waals surface area contributed by atoms with E-state index in [0.29, 0.717) is 12.0 Å². The van der Waals surface area contributed by atoms with Crippen LogP contribution in [0, 0.1) is 5.92 Å². The third kappa shape index (κ3) is 3.85. The van der Waals surface area contributed by atoms with Crippen molar-refractivity contribution in [1.82, 2.24) is 4.98 Å². The largest absolute Gasteiger partial charge is 0.357 e. The second-order valence-corrected chi connectivity index (χ2v) is 4.96.